The van der Waals surface area contributed by atoms with Crippen LogP contribution in [0.4, 0.5) is 0 Å². The average Bonchev–Trinajstić information content (AvgIpc) is 3.11. The van der Waals surface area contributed by atoms with Crippen molar-refractivity contribution in [3.05, 3.63) is 48.4 Å². The summed E-state index contributed by atoms with van der Waals surface area (Å²) in [6.45, 7) is 5.21. The number of H-pyrrole nitrogens is 1. The Kier molecular flexibility index (Phi) is 5.21. The number of rotatable bonds is 4. The number of fused-ring (bicyclic) bond motifs is 1. The molecular weight excluding hydrogens is 384 g/mol. The predicted octanol–water partition coefficient (Wildman–Crippen LogP) is 4.37. The fourth-order valence-corrected chi connectivity index (χ4v) is 4.91. The molecule has 0 saturated heterocycles. The van der Waals surface area contributed by atoms with E-state index in [1.54, 1.807) is 33.2 Å². The van der Waals surface area contributed by atoms with Crippen LogP contribution in [0.1, 0.15) is 58.1 Å². The predicted molar refractivity (Wildman–Crippen MR) is 116 cm³/mol. The molecule has 0 spiro atoms. The Labute approximate surface area is 172 Å². The first-order valence-corrected chi connectivity index (χ1v) is 11.6. The van der Waals surface area contributed by atoms with Gasteiger partial charge in [0.1, 0.15) is 0 Å². The van der Waals surface area contributed by atoms with Crippen LogP contribution in [0.15, 0.2) is 42.7 Å². The SMILES string of the molecule is CC(C)(C)S(=O)(=O)N[C@H]1CC[C@H](c2cc3cc(-c4ncccn4)ccc3[nH]2)CC1. The van der Waals surface area contributed by atoms with Crippen molar-refractivity contribution in [1.29, 1.82) is 0 Å². The average molecular weight is 413 g/mol. The molecule has 0 aliphatic heterocycles. The molecule has 3 aromatic rings. The second-order valence-corrected chi connectivity index (χ2v) is 11.3. The van der Waals surface area contributed by atoms with Gasteiger partial charge in [-0.1, -0.05) is 0 Å². The molecule has 1 aliphatic carbocycles. The highest BCUT2D eigenvalue weighted by atomic mass is 32.2. The molecule has 2 N–H and O–H groups in total. The van der Waals surface area contributed by atoms with Crippen LogP contribution < -0.4 is 4.72 Å². The van der Waals surface area contributed by atoms with E-state index in [9.17, 15) is 8.42 Å². The molecule has 2 aromatic heterocycles. The minimum absolute atomic E-state index is 0.0293. The highest BCUT2D eigenvalue weighted by molar-refractivity contribution is 7.90. The molecule has 29 heavy (non-hydrogen) atoms. The molecule has 7 heteroatoms. The van der Waals surface area contributed by atoms with Crippen LogP contribution in [0.2, 0.25) is 0 Å². The van der Waals surface area contributed by atoms with Crippen molar-refractivity contribution in [2.24, 2.45) is 0 Å². The van der Waals surface area contributed by atoms with Crippen molar-refractivity contribution < 1.29 is 8.42 Å². The molecule has 0 unspecified atom stereocenters. The summed E-state index contributed by atoms with van der Waals surface area (Å²) >= 11 is 0. The normalized spacial score (nSPS) is 20.8. The highest BCUT2D eigenvalue weighted by Gasteiger charge is 2.33. The topological polar surface area (TPSA) is 87.7 Å². The summed E-state index contributed by atoms with van der Waals surface area (Å²) < 4.78 is 27.0. The van der Waals surface area contributed by atoms with Crippen LogP contribution in [0.5, 0.6) is 0 Å². The second-order valence-electron chi connectivity index (χ2n) is 8.88. The molecule has 1 aromatic carbocycles. The van der Waals surface area contributed by atoms with Crippen LogP contribution in [0, 0.1) is 0 Å². The maximum absolute atomic E-state index is 12.4. The summed E-state index contributed by atoms with van der Waals surface area (Å²) in [6.07, 6.45) is 7.16. The van der Waals surface area contributed by atoms with E-state index in [2.05, 4.69) is 37.9 Å². The maximum Gasteiger partial charge on any atom is 0.216 e. The van der Waals surface area contributed by atoms with Gasteiger partial charge in [0.15, 0.2) is 5.82 Å². The zero-order chi connectivity index (χ0) is 20.6. The third-order valence-electron chi connectivity index (χ3n) is 5.76. The van der Waals surface area contributed by atoms with E-state index in [-0.39, 0.29) is 6.04 Å². The summed E-state index contributed by atoms with van der Waals surface area (Å²) in [4.78, 5) is 12.2. The highest BCUT2D eigenvalue weighted by Crippen LogP contribution is 2.35. The van der Waals surface area contributed by atoms with Crippen molar-refractivity contribution in [3.8, 4) is 11.4 Å². The zero-order valence-electron chi connectivity index (χ0n) is 17.1. The van der Waals surface area contributed by atoms with E-state index in [0.717, 1.165) is 48.0 Å². The first-order valence-electron chi connectivity index (χ1n) is 10.1. The van der Waals surface area contributed by atoms with E-state index in [1.807, 2.05) is 12.1 Å². The Balaban J connectivity index is 1.46. The van der Waals surface area contributed by atoms with E-state index in [1.165, 1.54) is 5.69 Å². The quantitative estimate of drug-likeness (QED) is 0.666. The molecule has 6 nitrogen and oxygen atoms in total. The zero-order valence-corrected chi connectivity index (χ0v) is 18.0. The summed E-state index contributed by atoms with van der Waals surface area (Å²) in [5, 5.41) is 1.15. The van der Waals surface area contributed by atoms with Gasteiger partial charge in [0.25, 0.3) is 0 Å². The fraction of sp³-hybridized carbons (Fsp3) is 0.455. The summed E-state index contributed by atoms with van der Waals surface area (Å²) in [7, 11) is -3.30. The fourth-order valence-electron chi connectivity index (χ4n) is 3.88. The number of aromatic amines is 1. The molecule has 0 radical (unpaired) electrons. The number of nitrogens with zero attached hydrogens (tertiary/aromatic N) is 2. The molecule has 1 aliphatic rings. The van der Waals surface area contributed by atoms with Gasteiger partial charge in [-0.25, -0.2) is 23.1 Å². The maximum atomic E-state index is 12.4. The molecule has 154 valence electrons. The third kappa shape index (κ3) is 4.21. The van der Waals surface area contributed by atoms with Gasteiger partial charge in [-0.2, -0.15) is 0 Å². The van der Waals surface area contributed by atoms with Crippen molar-refractivity contribution in [2.75, 3.05) is 0 Å². The van der Waals surface area contributed by atoms with Crippen LogP contribution in [0.25, 0.3) is 22.3 Å². The van der Waals surface area contributed by atoms with Gasteiger partial charge in [0, 0.05) is 40.6 Å². The van der Waals surface area contributed by atoms with Crippen molar-refractivity contribution in [2.45, 2.75) is 63.2 Å². The van der Waals surface area contributed by atoms with Gasteiger partial charge in [-0.3, -0.25) is 0 Å². The number of sulfonamides is 1. The molecule has 0 atom stereocenters. The minimum Gasteiger partial charge on any atom is -0.358 e. The van der Waals surface area contributed by atoms with Gasteiger partial charge in [0.2, 0.25) is 10.0 Å². The molecule has 1 saturated carbocycles. The first kappa shape index (κ1) is 20.0. The molecule has 0 amide bonds. The first-order chi connectivity index (χ1) is 13.7. The van der Waals surface area contributed by atoms with Crippen LogP contribution in [-0.2, 0) is 10.0 Å². The van der Waals surface area contributed by atoms with E-state index >= 15 is 0 Å². The van der Waals surface area contributed by atoms with Crippen molar-refractivity contribution >= 4 is 20.9 Å². The Hall–Kier alpha value is -2.25. The number of hydrogen-bond acceptors (Lipinski definition) is 4. The number of aromatic nitrogens is 3. The molecule has 0 bridgehead atoms. The van der Waals surface area contributed by atoms with Gasteiger partial charge >= 0.3 is 0 Å². The summed E-state index contributed by atoms with van der Waals surface area (Å²) in [6, 6.07) is 10.3. The summed E-state index contributed by atoms with van der Waals surface area (Å²) in [5.74, 6) is 1.15. The van der Waals surface area contributed by atoms with Gasteiger partial charge in [-0.15, -0.1) is 0 Å². The molecule has 2 heterocycles. The lowest BCUT2D eigenvalue weighted by Crippen LogP contribution is -2.45. The van der Waals surface area contributed by atoms with Crippen LogP contribution in [0.3, 0.4) is 0 Å². The lowest BCUT2D eigenvalue weighted by Gasteiger charge is -2.31. The number of hydrogen-bond donors (Lipinski definition) is 2. The standard InChI is InChI=1S/C22H28N4O2S/c1-22(2,3)29(27,28)26-18-8-5-15(6-9-18)20-14-17-13-16(7-10-19(17)25-20)21-23-11-4-12-24-21/h4,7,10-15,18,25-26H,5-6,8-9H2,1-3H3/t15-,18-. The van der Waals surface area contributed by atoms with Gasteiger partial charge < -0.3 is 4.98 Å². The van der Waals surface area contributed by atoms with Crippen molar-refractivity contribution in [3.63, 3.8) is 0 Å². The van der Waals surface area contributed by atoms with Gasteiger partial charge in [-0.05, 0) is 82.7 Å². The smallest absolute Gasteiger partial charge is 0.216 e. The Bertz CT molecular complexity index is 1090. The largest absolute Gasteiger partial charge is 0.358 e. The lowest BCUT2D eigenvalue weighted by molar-refractivity contribution is 0.368. The van der Waals surface area contributed by atoms with Crippen molar-refractivity contribution in [1.82, 2.24) is 19.7 Å². The van der Waals surface area contributed by atoms with Crippen LogP contribution >= 0.6 is 0 Å². The second kappa shape index (κ2) is 7.54. The Morgan fingerprint density at radius 2 is 1.72 bits per heavy atom. The van der Waals surface area contributed by atoms with E-state index < -0.39 is 14.8 Å². The molecule has 4 rings (SSSR count). The lowest BCUT2D eigenvalue weighted by atomic mass is 9.84. The van der Waals surface area contributed by atoms with E-state index in [4.69, 9.17) is 0 Å². The number of benzene rings is 1. The Morgan fingerprint density at radius 3 is 2.38 bits per heavy atom. The molecule has 1 fully saturated rings. The monoisotopic (exact) mass is 412 g/mol. The summed E-state index contributed by atoms with van der Waals surface area (Å²) in [5.41, 5.74) is 3.34. The van der Waals surface area contributed by atoms with Crippen LogP contribution in [-0.4, -0.2) is 34.2 Å². The Morgan fingerprint density at radius 1 is 1.03 bits per heavy atom. The minimum atomic E-state index is -3.30. The third-order valence-corrected chi connectivity index (χ3v) is 8.02. The number of nitrogens with one attached hydrogen (secondary N) is 2. The molecular formula is C22H28N4O2S. The van der Waals surface area contributed by atoms with Gasteiger partial charge in [0.05, 0.1) is 4.75 Å². The van der Waals surface area contributed by atoms with E-state index in [0.29, 0.717) is 5.92 Å².